The molecule has 1 saturated heterocycles. The third-order valence-corrected chi connectivity index (χ3v) is 4.64. The number of ether oxygens (including phenoxy) is 2. The monoisotopic (exact) mass is 368 g/mol. The van der Waals surface area contributed by atoms with Crippen LogP contribution < -0.4 is 14.8 Å². The lowest BCUT2D eigenvalue weighted by atomic mass is 10.0. The zero-order valence-corrected chi connectivity index (χ0v) is 14.8. The summed E-state index contributed by atoms with van der Waals surface area (Å²) in [7, 11) is 2.97. The van der Waals surface area contributed by atoms with Gasteiger partial charge in [-0.1, -0.05) is 0 Å². The second-order valence-corrected chi connectivity index (χ2v) is 6.35. The summed E-state index contributed by atoms with van der Waals surface area (Å²) in [6, 6.07) is 4.16. The van der Waals surface area contributed by atoms with E-state index >= 15 is 0 Å². The third-order valence-electron chi connectivity index (χ3n) is 3.69. The number of amides is 2. The lowest BCUT2D eigenvalue weighted by molar-refractivity contribution is -0.138. The summed E-state index contributed by atoms with van der Waals surface area (Å²) in [5.41, 5.74) is 0.529. The fourth-order valence-electron chi connectivity index (χ4n) is 2.47. The molecular formula is C16H20N2O6S. The van der Waals surface area contributed by atoms with Gasteiger partial charge in [-0.2, -0.15) is 0 Å². The normalized spacial score (nSPS) is 15.0. The highest BCUT2D eigenvalue weighted by Gasteiger charge is 2.26. The van der Waals surface area contributed by atoms with Gasteiger partial charge >= 0.3 is 5.97 Å². The lowest BCUT2D eigenvalue weighted by Crippen LogP contribution is -2.40. The fourth-order valence-corrected chi connectivity index (χ4v) is 3.38. The Bertz CT molecular complexity index is 666. The van der Waals surface area contributed by atoms with Gasteiger partial charge in [0, 0.05) is 11.6 Å². The molecule has 1 aromatic carbocycles. The summed E-state index contributed by atoms with van der Waals surface area (Å²) in [5.74, 6) is 0.215. The predicted octanol–water partition coefficient (Wildman–Crippen LogP) is 0.869. The smallest absolute Gasteiger partial charge is 0.305 e. The minimum Gasteiger partial charge on any atom is -0.497 e. The number of aliphatic carboxylic acids is 1. The molecule has 1 atom stereocenters. The molecule has 1 aromatic rings. The Morgan fingerprint density at radius 3 is 2.68 bits per heavy atom. The van der Waals surface area contributed by atoms with Gasteiger partial charge in [0.25, 0.3) is 0 Å². The molecule has 1 fully saturated rings. The van der Waals surface area contributed by atoms with Gasteiger partial charge in [0.15, 0.2) is 0 Å². The van der Waals surface area contributed by atoms with Crippen molar-refractivity contribution >= 4 is 29.5 Å². The van der Waals surface area contributed by atoms with Crippen LogP contribution in [0.2, 0.25) is 0 Å². The average Bonchev–Trinajstić information content (AvgIpc) is 2.98. The molecule has 1 aliphatic heterocycles. The van der Waals surface area contributed by atoms with Crippen LogP contribution in [-0.2, 0) is 14.4 Å². The molecule has 2 amide bonds. The maximum atomic E-state index is 12.3. The van der Waals surface area contributed by atoms with E-state index in [0.717, 1.165) is 0 Å². The molecular weight excluding hydrogens is 348 g/mol. The molecule has 1 heterocycles. The van der Waals surface area contributed by atoms with E-state index < -0.39 is 17.9 Å². The van der Waals surface area contributed by atoms with E-state index in [9.17, 15) is 14.4 Å². The van der Waals surface area contributed by atoms with Crippen LogP contribution >= 0.6 is 11.8 Å². The lowest BCUT2D eigenvalue weighted by Gasteiger charge is -2.22. The Hall–Kier alpha value is -2.42. The SMILES string of the molecule is COc1ccc(C(CC(=O)O)NC(=O)CN2CSCC2=O)c(OC)c1. The molecule has 1 aliphatic rings. The molecule has 0 bridgehead atoms. The van der Waals surface area contributed by atoms with E-state index in [0.29, 0.717) is 28.7 Å². The van der Waals surface area contributed by atoms with Crippen LogP contribution in [0.3, 0.4) is 0 Å². The number of hydrogen-bond acceptors (Lipinski definition) is 6. The number of nitrogens with zero attached hydrogens (tertiary/aromatic N) is 1. The van der Waals surface area contributed by atoms with Crippen LogP contribution in [0.15, 0.2) is 18.2 Å². The van der Waals surface area contributed by atoms with E-state index in [4.69, 9.17) is 14.6 Å². The minimum atomic E-state index is -1.06. The number of nitrogens with one attached hydrogen (secondary N) is 1. The first kappa shape index (κ1) is 18.9. The number of carboxylic acid groups (broad SMARTS) is 1. The van der Waals surface area contributed by atoms with Crippen molar-refractivity contribution in [2.45, 2.75) is 12.5 Å². The number of methoxy groups -OCH3 is 2. The van der Waals surface area contributed by atoms with Crippen molar-refractivity contribution in [3.63, 3.8) is 0 Å². The molecule has 0 saturated carbocycles. The first-order valence-corrected chi connectivity index (χ1v) is 8.68. The van der Waals surface area contributed by atoms with Gasteiger partial charge in [-0.3, -0.25) is 14.4 Å². The number of benzene rings is 1. The highest BCUT2D eigenvalue weighted by Crippen LogP contribution is 2.31. The van der Waals surface area contributed by atoms with Gasteiger partial charge < -0.3 is 24.8 Å². The van der Waals surface area contributed by atoms with Gasteiger partial charge in [0.1, 0.15) is 18.0 Å². The maximum Gasteiger partial charge on any atom is 0.305 e. The standard InChI is InChI=1S/C16H20N2O6S/c1-23-10-3-4-11(13(5-10)24-2)12(6-16(21)22)17-14(19)7-18-9-25-8-15(18)20/h3-5,12H,6-9H2,1-2H3,(H,17,19)(H,21,22). The Labute approximate surface area is 149 Å². The summed E-state index contributed by atoms with van der Waals surface area (Å²) in [6.07, 6.45) is -0.308. The van der Waals surface area contributed by atoms with Gasteiger partial charge in [-0.15, -0.1) is 11.8 Å². The summed E-state index contributed by atoms with van der Waals surface area (Å²) in [6.45, 7) is -0.0968. The molecule has 25 heavy (non-hydrogen) atoms. The molecule has 1 unspecified atom stereocenters. The predicted molar refractivity (Wildman–Crippen MR) is 91.7 cm³/mol. The van der Waals surface area contributed by atoms with Crippen molar-refractivity contribution in [3.05, 3.63) is 23.8 Å². The third kappa shape index (κ3) is 5.02. The van der Waals surface area contributed by atoms with Crippen molar-refractivity contribution in [2.24, 2.45) is 0 Å². The van der Waals surface area contributed by atoms with Gasteiger partial charge in [0.05, 0.1) is 38.3 Å². The second-order valence-electron chi connectivity index (χ2n) is 5.40. The Balaban J connectivity index is 2.16. The topological polar surface area (TPSA) is 105 Å². The quantitative estimate of drug-likeness (QED) is 0.701. The van der Waals surface area contributed by atoms with Crippen molar-refractivity contribution < 1.29 is 29.0 Å². The second kappa shape index (κ2) is 8.61. The summed E-state index contributed by atoms with van der Waals surface area (Å²) in [5, 5.41) is 11.8. The van der Waals surface area contributed by atoms with Gasteiger partial charge in [-0.25, -0.2) is 0 Å². The minimum absolute atomic E-state index is 0.0968. The van der Waals surface area contributed by atoms with E-state index in [1.807, 2.05) is 0 Å². The summed E-state index contributed by atoms with van der Waals surface area (Å²) in [4.78, 5) is 36.5. The molecule has 8 nitrogen and oxygen atoms in total. The molecule has 136 valence electrons. The molecule has 2 rings (SSSR count). The van der Waals surface area contributed by atoms with Gasteiger partial charge in [-0.05, 0) is 12.1 Å². The highest BCUT2D eigenvalue weighted by atomic mass is 32.2. The molecule has 2 N–H and O–H groups in total. The van der Waals surface area contributed by atoms with Crippen LogP contribution in [0.4, 0.5) is 0 Å². The molecule has 0 aliphatic carbocycles. The number of carboxylic acids is 1. The largest absolute Gasteiger partial charge is 0.497 e. The van der Waals surface area contributed by atoms with Crippen molar-refractivity contribution in [2.75, 3.05) is 32.4 Å². The molecule has 9 heteroatoms. The first-order valence-electron chi connectivity index (χ1n) is 7.53. The van der Waals surface area contributed by atoms with E-state index in [-0.39, 0.29) is 18.9 Å². The number of carbonyl (C=O) groups excluding carboxylic acids is 2. The fraction of sp³-hybridized carbons (Fsp3) is 0.438. The number of hydrogen-bond donors (Lipinski definition) is 2. The summed E-state index contributed by atoms with van der Waals surface area (Å²) < 4.78 is 10.4. The number of rotatable bonds is 8. The molecule has 0 spiro atoms. The van der Waals surface area contributed by atoms with Crippen molar-refractivity contribution in [1.82, 2.24) is 10.2 Å². The van der Waals surface area contributed by atoms with Crippen LogP contribution in [0, 0.1) is 0 Å². The zero-order valence-electron chi connectivity index (χ0n) is 14.0. The number of carbonyl (C=O) groups is 3. The maximum absolute atomic E-state index is 12.3. The van der Waals surface area contributed by atoms with E-state index in [2.05, 4.69) is 5.32 Å². The van der Waals surface area contributed by atoms with Crippen molar-refractivity contribution in [1.29, 1.82) is 0 Å². The first-order chi connectivity index (χ1) is 11.9. The van der Waals surface area contributed by atoms with Gasteiger partial charge in [0.2, 0.25) is 11.8 Å². The van der Waals surface area contributed by atoms with Crippen LogP contribution in [0.5, 0.6) is 11.5 Å². The molecule has 0 radical (unpaired) electrons. The van der Waals surface area contributed by atoms with Crippen LogP contribution in [-0.4, -0.2) is 60.2 Å². The van der Waals surface area contributed by atoms with Crippen LogP contribution in [0.1, 0.15) is 18.0 Å². The summed E-state index contributed by atoms with van der Waals surface area (Å²) >= 11 is 1.44. The van der Waals surface area contributed by atoms with Crippen molar-refractivity contribution in [3.8, 4) is 11.5 Å². The zero-order chi connectivity index (χ0) is 18.4. The average molecular weight is 368 g/mol. The Morgan fingerprint density at radius 1 is 1.36 bits per heavy atom. The van der Waals surface area contributed by atoms with Crippen LogP contribution in [0.25, 0.3) is 0 Å². The van der Waals surface area contributed by atoms with E-state index in [1.54, 1.807) is 18.2 Å². The Morgan fingerprint density at radius 2 is 2.12 bits per heavy atom. The Kier molecular flexibility index (Phi) is 6.51. The highest BCUT2D eigenvalue weighted by molar-refractivity contribution is 8.00. The molecule has 0 aromatic heterocycles. The van der Waals surface area contributed by atoms with E-state index in [1.165, 1.54) is 30.9 Å². The number of thioether (sulfide) groups is 1.